The number of esters is 1. The van der Waals surface area contributed by atoms with Crippen molar-refractivity contribution in [3.63, 3.8) is 0 Å². The molecule has 1 heterocycles. The molecule has 1 N–H and O–H groups in total. The Kier molecular flexibility index (Phi) is 7.00. The van der Waals surface area contributed by atoms with Crippen molar-refractivity contribution in [3.05, 3.63) is 60.2 Å². The van der Waals surface area contributed by atoms with Gasteiger partial charge in [0.2, 0.25) is 0 Å². The highest BCUT2D eigenvalue weighted by Crippen LogP contribution is 2.27. The number of nitrogens with one attached hydrogen (secondary N) is 1. The second-order valence-corrected chi connectivity index (χ2v) is 8.79. The minimum absolute atomic E-state index is 0.157. The van der Waals surface area contributed by atoms with Crippen LogP contribution in [0.15, 0.2) is 59.1 Å². The fourth-order valence-electron chi connectivity index (χ4n) is 2.84. The van der Waals surface area contributed by atoms with E-state index >= 15 is 0 Å². The highest BCUT2D eigenvalue weighted by atomic mass is 16.6. The van der Waals surface area contributed by atoms with Crippen molar-refractivity contribution < 1.29 is 18.8 Å². The van der Waals surface area contributed by atoms with Gasteiger partial charge in [0.25, 0.3) is 5.88 Å². The van der Waals surface area contributed by atoms with Gasteiger partial charge in [-0.25, -0.2) is 0 Å². The first-order chi connectivity index (χ1) is 14.7. The van der Waals surface area contributed by atoms with Crippen LogP contribution < -0.4 is 14.8 Å². The normalized spacial score (nSPS) is 11.4. The number of carbonyl (C=O) groups is 1. The summed E-state index contributed by atoms with van der Waals surface area (Å²) < 4.78 is 16.4. The van der Waals surface area contributed by atoms with E-state index in [1.165, 1.54) is 5.56 Å². The number of benzene rings is 2. The number of rotatable bonds is 8. The van der Waals surface area contributed by atoms with Gasteiger partial charge in [-0.2, -0.15) is 0 Å². The third-order valence-corrected chi connectivity index (χ3v) is 4.48. The summed E-state index contributed by atoms with van der Waals surface area (Å²) in [5.74, 6) is 1.10. The van der Waals surface area contributed by atoms with Crippen LogP contribution in [-0.2, 0) is 11.2 Å². The number of hydrogen-bond donors (Lipinski definition) is 1. The molecule has 3 aromatic rings. The molecule has 0 unspecified atom stereocenters. The Morgan fingerprint density at radius 2 is 1.84 bits per heavy atom. The molecule has 0 radical (unpaired) electrons. The van der Waals surface area contributed by atoms with Crippen molar-refractivity contribution in [2.24, 2.45) is 5.41 Å². The van der Waals surface area contributed by atoms with Crippen LogP contribution in [0.3, 0.4) is 0 Å². The Morgan fingerprint density at radius 1 is 1.10 bits per heavy atom. The summed E-state index contributed by atoms with van der Waals surface area (Å²) >= 11 is 0. The molecule has 0 aliphatic heterocycles. The summed E-state index contributed by atoms with van der Waals surface area (Å²) in [4.78, 5) is 12.0. The lowest BCUT2D eigenvalue weighted by molar-refractivity contribution is -0.143. The van der Waals surface area contributed by atoms with Crippen molar-refractivity contribution in [3.8, 4) is 23.0 Å². The molecule has 0 fully saturated rings. The third-order valence-electron chi connectivity index (χ3n) is 4.48. The molecule has 0 aliphatic rings. The van der Waals surface area contributed by atoms with Gasteiger partial charge in [0.15, 0.2) is 5.76 Å². The zero-order valence-corrected chi connectivity index (χ0v) is 18.8. The van der Waals surface area contributed by atoms with E-state index in [4.69, 9.17) is 14.0 Å². The summed E-state index contributed by atoms with van der Waals surface area (Å²) in [7, 11) is 0. The van der Waals surface area contributed by atoms with Crippen molar-refractivity contribution in [2.45, 2.75) is 47.1 Å². The summed E-state index contributed by atoms with van der Waals surface area (Å²) in [5.41, 5.74) is 2.56. The molecule has 0 bridgehead atoms. The summed E-state index contributed by atoms with van der Waals surface area (Å²) in [6.45, 7) is 10.2. The molecule has 0 saturated heterocycles. The van der Waals surface area contributed by atoms with Gasteiger partial charge in [0.05, 0.1) is 18.1 Å². The van der Waals surface area contributed by atoms with Gasteiger partial charge in [-0.05, 0) is 81.7 Å². The molecule has 0 amide bonds. The second-order valence-electron chi connectivity index (χ2n) is 8.79. The monoisotopic (exact) mass is 422 g/mol. The number of nitrogens with zero attached hydrogens (tertiary/aromatic N) is 1. The maximum absolute atomic E-state index is 12.0. The molecule has 0 aliphatic carbocycles. The van der Waals surface area contributed by atoms with Gasteiger partial charge < -0.3 is 19.3 Å². The van der Waals surface area contributed by atoms with E-state index in [-0.39, 0.29) is 11.8 Å². The zero-order valence-electron chi connectivity index (χ0n) is 18.8. The summed E-state index contributed by atoms with van der Waals surface area (Å²) in [6.07, 6.45) is 0.819. The number of hydrogen-bond acceptors (Lipinski definition) is 6. The molecule has 3 rings (SSSR count). The fraction of sp³-hybridized carbons (Fsp3) is 0.360. The third kappa shape index (κ3) is 6.60. The Bertz CT molecular complexity index is 1000. The highest BCUT2D eigenvalue weighted by molar-refractivity contribution is 5.77. The SMILES string of the molecule is CC(C)Nc1cccc(CCOc2ccc(-c3cc(OC(=O)C(C)(C)C)no3)cc2)c1. The minimum Gasteiger partial charge on any atom is -0.493 e. The van der Waals surface area contributed by atoms with Crippen LogP contribution in [0.25, 0.3) is 11.3 Å². The molecule has 0 atom stereocenters. The van der Waals surface area contributed by atoms with E-state index in [2.05, 4.69) is 48.6 Å². The first-order valence-corrected chi connectivity index (χ1v) is 10.5. The molecule has 0 spiro atoms. The van der Waals surface area contributed by atoms with Crippen molar-refractivity contribution in [1.29, 1.82) is 0 Å². The van der Waals surface area contributed by atoms with E-state index in [1.807, 2.05) is 24.3 Å². The quantitative estimate of drug-likeness (QED) is 0.467. The highest BCUT2D eigenvalue weighted by Gasteiger charge is 2.25. The molecular weight excluding hydrogens is 392 g/mol. The van der Waals surface area contributed by atoms with Crippen LogP contribution in [0, 0.1) is 5.41 Å². The lowest BCUT2D eigenvalue weighted by Crippen LogP contribution is -2.25. The molecule has 0 saturated carbocycles. The van der Waals surface area contributed by atoms with E-state index in [0.717, 1.165) is 23.4 Å². The number of aromatic nitrogens is 1. The minimum atomic E-state index is -0.607. The van der Waals surface area contributed by atoms with Gasteiger partial charge in [-0.15, -0.1) is 0 Å². The standard InChI is InChI=1S/C25H30N2O4/c1-17(2)26-20-8-6-7-18(15-20)13-14-29-21-11-9-19(10-12-21)22-16-23(27-31-22)30-24(28)25(3,4)5/h6-12,15-17,26H,13-14H2,1-5H3. The average Bonchev–Trinajstić information content (AvgIpc) is 3.16. The predicted molar refractivity (Wildman–Crippen MR) is 121 cm³/mol. The van der Waals surface area contributed by atoms with E-state index in [0.29, 0.717) is 18.4 Å². The van der Waals surface area contributed by atoms with E-state index < -0.39 is 5.41 Å². The van der Waals surface area contributed by atoms with Gasteiger partial charge in [0, 0.05) is 23.7 Å². The Labute approximate surface area is 183 Å². The lowest BCUT2D eigenvalue weighted by atomic mass is 9.97. The lowest BCUT2D eigenvalue weighted by Gasteiger charge is -2.14. The Morgan fingerprint density at radius 3 is 2.52 bits per heavy atom. The molecular formula is C25H30N2O4. The maximum Gasteiger partial charge on any atom is 0.318 e. The van der Waals surface area contributed by atoms with E-state index in [1.54, 1.807) is 26.8 Å². The van der Waals surface area contributed by atoms with Crippen LogP contribution >= 0.6 is 0 Å². The second kappa shape index (κ2) is 9.69. The topological polar surface area (TPSA) is 73.6 Å². The molecule has 31 heavy (non-hydrogen) atoms. The fourth-order valence-corrected chi connectivity index (χ4v) is 2.84. The molecule has 6 nitrogen and oxygen atoms in total. The first-order valence-electron chi connectivity index (χ1n) is 10.5. The van der Waals surface area contributed by atoms with Crippen LogP contribution in [0.4, 0.5) is 5.69 Å². The van der Waals surface area contributed by atoms with Gasteiger partial charge in [0.1, 0.15) is 5.75 Å². The zero-order chi connectivity index (χ0) is 22.4. The number of anilines is 1. The van der Waals surface area contributed by atoms with Crippen molar-refractivity contribution in [2.75, 3.05) is 11.9 Å². The Hall–Kier alpha value is -3.28. The molecule has 1 aromatic heterocycles. The molecule has 6 heteroatoms. The smallest absolute Gasteiger partial charge is 0.318 e. The van der Waals surface area contributed by atoms with Crippen LogP contribution in [0.2, 0.25) is 0 Å². The van der Waals surface area contributed by atoms with Crippen LogP contribution in [0.5, 0.6) is 11.6 Å². The van der Waals surface area contributed by atoms with Gasteiger partial charge in [-0.3, -0.25) is 4.79 Å². The molecule has 2 aromatic carbocycles. The summed E-state index contributed by atoms with van der Waals surface area (Å²) in [5, 5.41) is 7.23. The van der Waals surface area contributed by atoms with E-state index in [9.17, 15) is 4.79 Å². The van der Waals surface area contributed by atoms with Crippen LogP contribution in [-0.4, -0.2) is 23.8 Å². The average molecular weight is 423 g/mol. The summed E-state index contributed by atoms with van der Waals surface area (Å²) in [6, 6.07) is 17.9. The Balaban J connectivity index is 1.53. The van der Waals surface area contributed by atoms with Crippen molar-refractivity contribution in [1.82, 2.24) is 5.16 Å². The maximum atomic E-state index is 12.0. The first kappa shape index (κ1) is 22.4. The van der Waals surface area contributed by atoms with Crippen LogP contribution in [0.1, 0.15) is 40.2 Å². The molecule has 164 valence electrons. The number of ether oxygens (including phenoxy) is 2. The number of carbonyl (C=O) groups excluding carboxylic acids is 1. The van der Waals surface area contributed by atoms with Gasteiger partial charge in [-0.1, -0.05) is 12.1 Å². The largest absolute Gasteiger partial charge is 0.493 e. The predicted octanol–water partition coefficient (Wildman–Crippen LogP) is 5.73. The van der Waals surface area contributed by atoms with Crippen molar-refractivity contribution >= 4 is 11.7 Å². The van der Waals surface area contributed by atoms with Gasteiger partial charge >= 0.3 is 5.97 Å².